The summed E-state index contributed by atoms with van der Waals surface area (Å²) < 4.78 is 6.98. The van der Waals surface area contributed by atoms with Crippen LogP contribution in [-0.4, -0.2) is 86.9 Å². The maximum atomic E-state index is 13.3. The van der Waals surface area contributed by atoms with Crippen molar-refractivity contribution in [3.63, 3.8) is 0 Å². The molecular formula is C27H38N4O6. The molecule has 1 aromatic carbocycles. The molecule has 10 heteroatoms. The summed E-state index contributed by atoms with van der Waals surface area (Å²) in [6, 6.07) is 8.20. The number of benzene rings is 1. The third-order valence-electron chi connectivity index (χ3n) is 7.63. The van der Waals surface area contributed by atoms with Crippen LogP contribution in [0.4, 0.5) is 0 Å². The first kappa shape index (κ1) is 26.8. The minimum atomic E-state index is -0.924. The monoisotopic (exact) mass is 514 g/mol. The molecule has 1 fully saturated rings. The smallest absolute Gasteiger partial charge is 0.308 e. The van der Waals surface area contributed by atoms with Crippen LogP contribution in [0.25, 0.3) is 0 Å². The summed E-state index contributed by atoms with van der Waals surface area (Å²) in [5.74, 6) is -1.40. The number of hydrogen-bond acceptors (Lipinski definition) is 7. The predicted octanol–water partition coefficient (Wildman–Crippen LogP) is 1.98. The summed E-state index contributed by atoms with van der Waals surface area (Å²) in [5, 5.41) is 30.6. The van der Waals surface area contributed by atoms with E-state index in [1.807, 2.05) is 23.1 Å². The number of ether oxygens (including phenoxy) is 1. The molecule has 5 N–H and O–H groups in total. The van der Waals surface area contributed by atoms with E-state index in [-0.39, 0.29) is 36.7 Å². The molecule has 1 amide bonds. The number of nitrogens with two attached hydrogens (primary N) is 1. The van der Waals surface area contributed by atoms with Gasteiger partial charge >= 0.3 is 5.97 Å². The van der Waals surface area contributed by atoms with Gasteiger partial charge in [-0.15, -0.1) is 0 Å². The normalized spacial score (nSPS) is 21.1. The number of nitrogens with zero attached hydrogens (tertiary/aromatic N) is 3. The van der Waals surface area contributed by atoms with Gasteiger partial charge in [-0.2, -0.15) is 0 Å². The van der Waals surface area contributed by atoms with Crippen molar-refractivity contribution < 1.29 is 29.6 Å². The molecule has 202 valence electrons. The minimum absolute atomic E-state index is 0.0669. The van der Waals surface area contributed by atoms with Gasteiger partial charge in [-0.25, -0.2) is 0 Å². The number of rotatable bonds is 12. The quantitative estimate of drug-likeness (QED) is 0.337. The highest BCUT2D eigenvalue weighted by Gasteiger charge is 2.47. The van der Waals surface area contributed by atoms with E-state index < -0.39 is 17.9 Å². The largest absolute Gasteiger partial charge is 0.494 e. The van der Waals surface area contributed by atoms with Gasteiger partial charge in [-0.3, -0.25) is 19.1 Å². The summed E-state index contributed by atoms with van der Waals surface area (Å²) in [4.78, 5) is 29.7. The number of carbonyl (C=O) groups is 2. The van der Waals surface area contributed by atoms with Gasteiger partial charge in [-0.1, -0.05) is 25.5 Å². The Balaban J connectivity index is 1.61. The molecule has 3 heterocycles. The first-order valence-electron chi connectivity index (χ1n) is 13.1. The van der Waals surface area contributed by atoms with Gasteiger partial charge in [0, 0.05) is 63.2 Å². The number of carboxylic acids is 1. The Kier molecular flexibility index (Phi) is 8.60. The third kappa shape index (κ3) is 5.86. The Morgan fingerprint density at radius 1 is 1.16 bits per heavy atom. The van der Waals surface area contributed by atoms with E-state index in [1.165, 1.54) is 16.7 Å². The van der Waals surface area contributed by atoms with Crippen molar-refractivity contribution in [3.05, 3.63) is 41.5 Å². The Hall–Kier alpha value is -3.24. The van der Waals surface area contributed by atoms with Gasteiger partial charge in [0.25, 0.3) is 0 Å². The molecule has 1 unspecified atom stereocenters. The molecule has 0 aliphatic carbocycles. The van der Waals surface area contributed by atoms with Crippen LogP contribution < -0.4 is 10.5 Å². The zero-order valence-corrected chi connectivity index (χ0v) is 21.4. The highest BCUT2D eigenvalue weighted by Crippen LogP contribution is 2.41. The second kappa shape index (κ2) is 11.9. The number of amides is 1. The van der Waals surface area contributed by atoms with E-state index in [0.29, 0.717) is 39.2 Å². The zero-order valence-electron chi connectivity index (χ0n) is 21.4. The zero-order chi connectivity index (χ0) is 26.5. The van der Waals surface area contributed by atoms with Crippen molar-refractivity contribution in [2.24, 2.45) is 11.7 Å². The van der Waals surface area contributed by atoms with Crippen LogP contribution in [0.3, 0.4) is 0 Å². The average molecular weight is 515 g/mol. The predicted molar refractivity (Wildman–Crippen MR) is 138 cm³/mol. The number of aliphatic carboxylic acids is 1. The van der Waals surface area contributed by atoms with Crippen molar-refractivity contribution in [1.82, 2.24) is 14.4 Å². The Morgan fingerprint density at radius 3 is 2.59 bits per heavy atom. The number of hydrogen-bond donors (Lipinski definition) is 4. The molecule has 2 aromatic rings. The average Bonchev–Trinajstić information content (AvgIpc) is 3.57. The van der Waals surface area contributed by atoms with E-state index >= 15 is 0 Å². The first-order chi connectivity index (χ1) is 17.8. The maximum Gasteiger partial charge on any atom is 0.308 e. The van der Waals surface area contributed by atoms with Crippen LogP contribution in [0.15, 0.2) is 30.3 Å². The lowest BCUT2D eigenvalue weighted by molar-refractivity contribution is -0.143. The molecule has 3 atom stereocenters. The second-order valence-electron chi connectivity index (χ2n) is 9.95. The number of fused-ring (bicyclic) bond motifs is 1. The van der Waals surface area contributed by atoms with Crippen LogP contribution in [0.1, 0.15) is 43.2 Å². The molecule has 1 aromatic heterocycles. The summed E-state index contributed by atoms with van der Waals surface area (Å²) >= 11 is 0. The van der Waals surface area contributed by atoms with Gasteiger partial charge in [0.2, 0.25) is 5.91 Å². The van der Waals surface area contributed by atoms with Crippen molar-refractivity contribution in [2.75, 3.05) is 39.3 Å². The van der Waals surface area contributed by atoms with Gasteiger partial charge in [-0.05, 0) is 30.0 Å². The molecule has 10 nitrogen and oxygen atoms in total. The van der Waals surface area contributed by atoms with Crippen molar-refractivity contribution >= 4 is 11.9 Å². The topological polar surface area (TPSA) is 141 Å². The van der Waals surface area contributed by atoms with Crippen molar-refractivity contribution in [1.29, 1.82) is 0 Å². The maximum absolute atomic E-state index is 13.3. The Bertz CT molecular complexity index is 1080. The number of carbonyl (C=O) groups excluding carboxylic acids is 1. The fourth-order valence-corrected chi connectivity index (χ4v) is 5.70. The summed E-state index contributed by atoms with van der Waals surface area (Å²) in [6.45, 7) is 4.85. The molecule has 2 aliphatic heterocycles. The van der Waals surface area contributed by atoms with E-state index in [2.05, 4.69) is 6.92 Å². The highest BCUT2D eigenvalue weighted by atomic mass is 16.5. The first-order valence-corrected chi connectivity index (χ1v) is 13.1. The lowest BCUT2D eigenvalue weighted by Crippen LogP contribution is -2.46. The molecule has 0 spiro atoms. The van der Waals surface area contributed by atoms with Crippen LogP contribution >= 0.6 is 0 Å². The molecule has 0 radical (unpaired) electrons. The van der Waals surface area contributed by atoms with E-state index in [1.54, 1.807) is 4.90 Å². The molecule has 37 heavy (non-hydrogen) atoms. The number of unbranched alkanes of at least 4 members (excludes halogenated alkanes) is 1. The van der Waals surface area contributed by atoms with Crippen LogP contribution in [0.2, 0.25) is 0 Å². The van der Waals surface area contributed by atoms with Crippen molar-refractivity contribution in [2.45, 2.75) is 51.1 Å². The van der Waals surface area contributed by atoms with Gasteiger partial charge in [0.15, 0.2) is 11.8 Å². The fraction of sp³-hybridized carbons (Fsp3) is 0.556. The Morgan fingerprint density at radius 2 is 1.92 bits per heavy atom. The van der Waals surface area contributed by atoms with Crippen LogP contribution in [0.5, 0.6) is 17.5 Å². The number of aromatic hydroxyl groups is 2. The number of likely N-dealkylation sites (tertiary alicyclic amines) is 1. The summed E-state index contributed by atoms with van der Waals surface area (Å²) in [7, 11) is 0. The van der Waals surface area contributed by atoms with E-state index in [4.69, 9.17) is 10.5 Å². The fourth-order valence-electron chi connectivity index (χ4n) is 5.70. The van der Waals surface area contributed by atoms with Crippen LogP contribution in [-0.2, 0) is 22.6 Å². The third-order valence-corrected chi connectivity index (χ3v) is 7.63. The molecule has 1 saturated heterocycles. The molecule has 0 saturated carbocycles. The number of aromatic nitrogens is 1. The summed E-state index contributed by atoms with van der Waals surface area (Å²) in [5.41, 5.74) is 7.76. The standard InChI is InChI=1S/C27H38N4O6/c1-2-3-11-29(13-10-28)25(34)17-30-16-20(18-4-5-22-19(15-18)9-14-37-22)26(27(35)36)21(30)8-12-31-23(32)6-7-24(31)33/h4-7,15,20-21,26,32-33H,2-3,8-14,16-17,28H2,1H3,(H,35,36)/t20-,21+,26?/m1/s1. The van der Waals surface area contributed by atoms with Crippen molar-refractivity contribution in [3.8, 4) is 17.5 Å². The van der Waals surface area contributed by atoms with E-state index in [9.17, 15) is 24.9 Å². The lowest BCUT2D eigenvalue weighted by Gasteiger charge is -2.29. The Labute approximate surface area is 217 Å². The van der Waals surface area contributed by atoms with Gasteiger partial charge in [0.1, 0.15) is 5.75 Å². The van der Waals surface area contributed by atoms with E-state index in [0.717, 1.165) is 36.1 Å². The van der Waals surface area contributed by atoms with Gasteiger partial charge < -0.3 is 30.7 Å². The molecule has 4 rings (SSSR count). The second-order valence-corrected chi connectivity index (χ2v) is 9.95. The lowest BCUT2D eigenvalue weighted by atomic mass is 9.83. The SMILES string of the molecule is CCCCN(CCN)C(=O)CN1C[C@H](c2ccc3c(c2)CCO3)C(C(=O)O)[C@@H]1CCn1c(O)ccc1O. The molecular weight excluding hydrogens is 476 g/mol. The summed E-state index contributed by atoms with van der Waals surface area (Å²) in [6.07, 6.45) is 2.96. The van der Waals surface area contributed by atoms with Gasteiger partial charge in [0.05, 0.1) is 19.1 Å². The number of carboxylic acid groups (broad SMARTS) is 1. The highest BCUT2D eigenvalue weighted by molar-refractivity contribution is 5.79. The minimum Gasteiger partial charge on any atom is -0.494 e. The molecule has 0 bridgehead atoms. The molecule has 2 aliphatic rings. The van der Waals surface area contributed by atoms with Crippen LogP contribution in [0, 0.1) is 5.92 Å².